The van der Waals surface area contributed by atoms with E-state index >= 15 is 0 Å². The molecule has 2 aromatic carbocycles. The largest absolute Gasteiger partial charge is 0.481 e. The van der Waals surface area contributed by atoms with Gasteiger partial charge in [0.25, 0.3) is 5.56 Å². The fourth-order valence-corrected chi connectivity index (χ4v) is 3.19. The van der Waals surface area contributed by atoms with Gasteiger partial charge < -0.3 is 9.67 Å². The zero-order chi connectivity index (χ0) is 22.3. The van der Waals surface area contributed by atoms with E-state index in [0.717, 1.165) is 12.1 Å². The molecule has 0 radical (unpaired) electrons. The molecule has 3 aromatic rings. The fraction of sp³-hybridized carbons (Fsp3) is 0.318. The Morgan fingerprint density at radius 2 is 1.63 bits per heavy atom. The normalized spacial score (nSPS) is 12.3. The predicted molar refractivity (Wildman–Crippen MR) is 107 cm³/mol. The van der Waals surface area contributed by atoms with Gasteiger partial charge in [-0.3, -0.25) is 9.59 Å². The van der Waals surface area contributed by atoms with Crippen LogP contribution < -0.4 is 5.56 Å². The van der Waals surface area contributed by atoms with Gasteiger partial charge in [0.15, 0.2) is 0 Å². The molecule has 158 valence electrons. The molecule has 5 nitrogen and oxygen atoms in total. The first-order chi connectivity index (χ1) is 13.9. The smallest absolute Gasteiger partial charge is 0.416 e. The van der Waals surface area contributed by atoms with E-state index in [1.165, 1.54) is 16.7 Å². The van der Waals surface area contributed by atoms with Gasteiger partial charge in [-0.2, -0.15) is 13.2 Å². The molecule has 0 saturated carbocycles. The van der Waals surface area contributed by atoms with E-state index in [-0.39, 0.29) is 18.5 Å². The summed E-state index contributed by atoms with van der Waals surface area (Å²) in [5.41, 5.74) is 0.757. The lowest BCUT2D eigenvalue weighted by Gasteiger charge is -2.20. The van der Waals surface area contributed by atoms with Crippen LogP contribution in [0.15, 0.2) is 47.3 Å². The summed E-state index contributed by atoms with van der Waals surface area (Å²) in [6.07, 6.45) is -4.67. The number of nitrogens with zero attached hydrogens (tertiary/aromatic N) is 2. The fourth-order valence-electron chi connectivity index (χ4n) is 3.19. The average molecular weight is 418 g/mol. The van der Waals surface area contributed by atoms with Gasteiger partial charge in [-0.25, -0.2) is 4.98 Å². The maximum Gasteiger partial charge on any atom is 0.416 e. The monoisotopic (exact) mass is 418 g/mol. The van der Waals surface area contributed by atoms with Gasteiger partial charge in [0.1, 0.15) is 5.69 Å². The van der Waals surface area contributed by atoms with Crippen molar-refractivity contribution in [2.24, 2.45) is 0 Å². The zero-order valence-electron chi connectivity index (χ0n) is 16.7. The molecule has 0 amide bonds. The summed E-state index contributed by atoms with van der Waals surface area (Å²) in [6.45, 7) is 5.51. The molecular formula is C22H21F3N2O3. The van der Waals surface area contributed by atoms with Gasteiger partial charge in [-0.1, -0.05) is 39.0 Å². The average Bonchev–Trinajstić information content (AvgIpc) is 2.65. The third kappa shape index (κ3) is 4.37. The zero-order valence-corrected chi connectivity index (χ0v) is 16.7. The first kappa shape index (κ1) is 21.5. The van der Waals surface area contributed by atoms with Crippen LogP contribution >= 0.6 is 0 Å². The summed E-state index contributed by atoms with van der Waals surface area (Å²) in [7, 11) is 0. The van der Waals surface area contributed by atoms with Crippen LogP contribution in [-0.2, 0) is 22.9 Å². The number of hydrogen-bond donors (Lipinski definition) is 1. The summed E-state index contributed by atoms with van der Waals surface area (Å²) >= 11 is 0. The molecular weight excluding hydrogens is 397 g/mol. The number of fused-ring (bicyclic) bond motifs is 1. The molecule has 8 heteroatoms. The van der Waals surface area contributed by atoms with E-state index < -0.39 is 23.1 Å². The maximum absolute atomic E-state index is 13.0. The highest BCUT2D eigenvalue weighted by molar-refractivity contribution is 5.82. The molecule has 1 heterocycles. The second-order valence-corrected chi connectivity index (χ2v) is 8.09. The SMILES string of the molecule is CC(C)(C)c1nc2ccc(-c3ccc(C(F)(F)F)cc3)cc2n(CCC(=O)O)c1=O. The van der Waals surface area contributed by atoms with Crippen molar-refractivity contribution in [2.45, 2.75) is 45.3 Å². The molecule has 0 unspecified atom stereocenters. The molecule has 0 fully saturated rings. The minimum Gasteiger partial charge on any atom is -0.481 e. The van der Waals surface area contributed by atoms with Gasteiger partial charge in [-0.05, 0) is 35.4 Å². The van der Waals surface area contributed by atoms with Crippen molar-refractivity contribution >= 4 is 17.0 Å². The van der Waals surface area contributed by atoms with E-state index in [1.54, 1.807) is 18.2 Å². The third-order valence-corrected chi connectivity index (χ3v) is 4.75. The van der Waals surface area contributed by atoms with Crippen molar-refractivity contribution in [3.05, 3.63) is 64.1 Å². The number of carbonyl (C=O) groups is 1. The first-order valence-electron chi connectivity index (χ1n) is 9.32. The molecule has 0 atom stereocenters. The standard InChI is InChI=1S/C22H21F3N2O3/c1-21(2,3)19-20(30)27(11-10-18(28)29)17-12-14(6-9-16(17)26-19)13-4-7-15(8-5-13)22(23,24)25/h4-9,12H,10-11H2,1-3H3,(H,28,29). The van der Waals surface area contributed by atoms with Crippen molar-refractivity contribution < 1.29 is 23.1 Å². The van der Waals surface area contributed by atoms with Crippen molar-refractivity contribution in [1.82, 2.24) is 9.55 Å². The predicted octanol–water partition coefficient (Wildman–Crippen LogP) is 4.85. The van der Waals surface area contributed by atoms with Crippen LogP contribution in [0.1, 0.15) is 38.4 Å². The van der Waals surface area contributed by atoms with Crippen LogP contribution in [0, 0.1) is 0 Å². The Morgan fingerprint density at radius 1 is 1.03 bits per heavy atom. The van der Waals surface area contributed by atoms with Gasteiger partial charge in [0, 0.05) is 12.0 Å². The second-order valence-electron chi connectivity index (χ2n) is 8.09. The Bertz CT molecular complexity index is 1160. The number of carboxylic acid groups (broad SMARTS) is 1. The molecule has 0 spiro atoms. The van der Waals surface area contributed by atoms with E-state index in [1.807, 2.05) is 20.8 Å². The number of aromatic nitrogens is 2. The molecule has 3 rings (SSSR count). The van der Waals surface area contributed by atoms with Gasteiger partial charge in [0.2, 0.25) is 0 Å². The molecule has 0 aliphatic carbocycles. The quantitative estimate of drug-likeness (QED) is 0.657. The van der Waals surface area contributed by atoms with Crippen LogP contribution in [0.4, 0.5) is 13.2 Å². The molecule has 30 heavy (non-hydrogen) atoms. The summed E-state index contributed by atoms with van der Waals surface area (Å²) < 4.78 is 39.8. The highest BCUT2D eigenvalue weighted by atomic mass is 19.4. The number of halogens is 3. The van der Waals surface area contributed by atoms with E-state index in [9.17, 15) is 22.8 Å². The second kappa shape index (κ2) is 7.59. The highest BCUT2D eigenvalue weighted by Crippen LogP contribution is 2.32. The Hall–Kier alpha value is -3.16. The lowest BCUT2D eigenvalue weighted by molar-refractivity contribution is -0.138. The van der Waals surface area contributed by atoms with Crippen molar-refractivity contribution in [3.63, 3.8) is 0 Å². The van der Waals surface area contributed by atoms with Gasteiger partial charge >= 0.3 is 12.1 Å². The molecule has 0 saturated heterocycles. The van der Waals surface area contributed by atoms with Crippen molar-refractivity contribution in [2.75, 3.05) is 0 Å². The molecule has 0 aliphatic rings. The number of rotatable bonds is 4. The Kier molecular flexibility index (Phi) is 5.45. The summed E-state index contributed by atoms with van der Waals surface area (Å²) in [4.78, 5) is 28.6. The van der Waals surface area contributed by atoms with Crippen LogP contribution in [0.3, 0.4) is 0 Å². The van der Waals surface area contributed by atoms with E-state index in [2.05, 4.69) is 4.98 Å². The molecule has 1 N–H and O–H groups in total. The topological polar surface area (TPSA) is 72.2 Å². The Labute approximate surface area is 170 Å². The van der Waals surface area contributed by atoms with E-state index in [0.29, 0.717) is 27.9 Å². The summed E-state index contributed by atoms with van der Waals surface area (Å²) in [6, 6.07) is 9.78. The van der Waals surface area contributed by atoms with Crippen molar-refractivity contribution in [1.29, 1.82) is 0 Å². The summed E-state index contributed by atoms with van der Waals surface area (Å²) in [5.74, 6) is -1.04. The number of aliphatic carboxylic acids is 1. The maximum atomic E-state index is 13.0. The third-order valence-electron chi connectivity index (χ3n) is 4.75. The number of carboxylic acids is 1. The Balaban J connectivity index is 2.18. The first-order valence-corrected chi connectivity index (χ1v) is 9.32. The Morgan fingerprint density at radius 3 is 2.17 bits per heavy atom. The minimum atomic E-state index is -4.42. The number of alkyl halides is 3. The van der Waals surface area contributed by atoms with Crippen LogP contribution in [-0.4, -0.2) is 20.6 Å². The lowest BCUT2D eigenvalue weighted by Crippen LogP contribution is -2.33. The number of hydrogen-bond acceptors (Lipinski definition) is 3. The molecule has 0 bridgehead atoms. The van der Waals surface area contributed by atoms with Crippen LogP contribution in [0.5, 0.6) is 0 Å². The number of benzene rings is 2. The van der Waals surface area contributed by atoms with Crippen LogP contribution in [0.25, 0.3) is 22.2 Å². The number of aryl methyl sites for hydroxylation is 1. The lowest BCUT2D eigenvalue weighted by atomic mass is 9.92. The van der Waals surface area contributed by atoms with Crippen molar-refractivity contribution in [3.8, 4) is 11.1 Å². The highest BCUT2D eigenvalue weighted by Gasteiger charge is 2.30. The minimum absolute atomic E-state index is 0.0350. The molecule has 0 aliphatic heterocycles. The van der Waals surface area contributed by atoms with Gasteiger partial charge in [0.05, 0.1) is 23.0 Å². The van der Waals surface area contributed by atoms with E-state index in [4.69, 9.17) is 5.11 Å². The van der Waals surface area contributed by atoms with Gasteiger partial charge in [-0.15, -0.1) is 0 Å². The molecule has 1 aromatic heterocycles. The summed E-state index contributed by atoms with van der Waals surface area (Å²) in [5, 5.41) is 9.07. The van der Waals surface area contributed by atoms with Crippen LogP contribution in [0.2, 0.25) is 0 Å².